The van der Waals surface area contributed by atoms with Crippen LogP contribution in [0.1, 0.15) is 19.8 Å². The molecule has 28 heavy (non-hydrogen) atoms. The third kappa shape index (κ3) is 7.25. The summed E-state index contributed by atoms with van der Waals surface area (Å²) in [6, 6.07) is 10.5. The van der Waals surface area contributed by atoms with E-state index in [-0.39, 0.29) is 29.7 Å². The average molecular weight is 521 g/mol. The molecular formula is C19H32IN5O2S. The van der Waals surface area contributed by atoms with E-state index < -0.39 is 10.0 Å². The molecule has 0 atom stereocenters. The van der Waals surface area contributed by atoms with Gasteiger partial charge in [0.05, 0.1) is 5.75 Å². The molecule has 2 aromatic rings. The number of benzene rings is 1. The van der Waals surface area contributed by atoms with Gasteiger partial charge >= 0.3 is 0 Å². The van der Waals surface area contributed by atoms with Crippen LogP contribution >= 0.6 is 24.0 Å². The van der Waals surface area contributed by atoms with Crippen molar-refractivity contribution in [2.24, 2.45) is 4.99 Å². The fraction of sp³-hybridized carbons (Fsp3) is 0.526. The summed E-state index contributed by atoms with van der Waals surface area (Å²) in [5, 5.41) is 7.79. The molecule has 0 fully saturated rings. The Balaban J connectivity index is 0.00000392. The molecule has 0 aliphatic carbocycles. The third-order valence-electron chi connectivity index (χ3n) is 4.55. The molecule has 0 saturated carbocycles. The van der Waals surface area contributed by atoms with Gasteiger partial charge in [0.25, 0.3) is 0 Å². The van der Waals surface area contributed by atoms with E-state index in [9.17, 15) is 8.42 Å². The Hall–Kier alpha value is -1.33. The van der Waals surface area contributed by atoms with Crippen LogP contribution in [-0.2, 0) is 16.6 Å². The van der Waals surface area contributed by atoms with Crippen LogP contribution in [0.3, 0.4) is 0 Å². The Labute approximate surface area is 185 Å². The molecule has 0 aliphatic rings. The van der Waals surface area contributed by atoms with Gasteiger partial charge in [0.15, 0.2) is 5.96 Å². The largest absolute Gasteiger partial charge is 0.356 e. The number of aliphatic imine (C=N–C) groups is 1. The number of halogens is 1. The average Bonchev–Trinajstić information content (AvgIpc) is 3.09. The minimum absolute atomic E-state index is 0. The van der Waals surface area contributed by atoms with Gasteiger partial charge in [-0.3, -0.25) is 4.99 Å². The first kappa shape index (κ1) is 24.7. The van der Waals surface area contributed by atoms with E-state index in [1.807, 2.05) is 0 Å². The standard InChI is InChI=1S/C19H31N5O2S.HI/c1-4-27(25,26)23(3)14-7-12-21-19(20-2)22-13-8-15-24-16-11-17-9-5-6-10-18(17)24;/h5-6,9-11,16H,4,7-8,12-15H2,1-3H3,(H2,20,21,22);1H. The predicted octanol–water partition coefficient (Wildman–Crippen LogP) is 2.49. The highest BCUT2D eigenvalue weighted by Crippen LogP contribution is 2.15. The predicted molar refractivity (Wildman–Crippen MR) is 128 cm³/mol. The van der Waals surface area contributed by atoms with E-state index in [0.717, 1.165) is 31.9 Å². The minimum Gasteiger partial charge on any atom is -0.356 e. The third-order valence-corrected chi connectivity index (χ3v) is 6.42. The zero-order chi connectivity index (χ0) is 19.7. The van der Waals surface area contributed by atoms with Crippen LogP contribution in [0.25, 0.3) is 10.9 Å². The molecule has 7 nitrogen and oxygen atoms in total. The van der Waals surface area contributed by atoms with E-state index in [1.165, 1.54) is 15.2 Å². The van der Waals surface area contributed by atoms with Crippen molar-refractivity contribution in [3.8, 4) is 0 Å². The highest BCUT2D eigenvalue weighted by Gasteiger charge is 2.13. The first-order valence-electron chi connectivity index (χ1n) is 9.40. The Morgan fingerprint density at radius 1 is 1.14 bits per heavy atom. The first-order valence-corrected chi connectivity index (χ1v) is 11.0. The molecule has 0 spiro atoms. The second kappa shape index (κ2) is 12.3. The number of rotatable bonds is 10. The quantitative estimate of drug-likeness (QED) is 0.218. The van der Waals surface area contributed by atoms with Crippen LogP contribution in [0.15, 0.2) is 41.5 Å². The summed E-state index contributed by atoms with van der Waals surface area (Å²) < 4.78 is 27.1. The number of sulfonamides is 1. The van der Waals surface area contributed by atoms with Crippen LogP contribution in [0.5, 0.6) is 0 Å². The van der Waals surface area contributed by atoms with Crippen molar-refractivity contribution in [2.45, 2.75) is 26.3 Å². The van der Waals surface area contributed by atoms with Crippen molar-refractivity contribution in [3.05, 3.63) is 36.5 Å². The smallest absolute Gasteiger partial charge is 0.213 e. The maximum Gasteiger partial charge on any atom is 0.213 e. The molecule has 0 saturated heterocycles. The first-order chi connectivity index (χ1) is 13.0. The number of nitrogens with zero attached hydrogens (tertiary/aromatic N) is 3. The number of nitrogens with one attached hydrogen (secondary N) is 2. The van der Waals surface area contributed by atoms with Crippen LogP contribution in [0.4, 0.5) is 0 Å². The lowest BCUT2D eigenvalue weighted by molar-refractivity contribution is 0.461. The Morgan fingerprint density at radius 2 is 1.82 bits per heavy atom. The van der Waals surface area contributed by atoms with Crippen molar-refractivity contribution in [1.29, 1.82) is 0 Å². The molecule has 2 N–H and O–H groups in total. The SMILES string of the molecule is CCS(=O)(=O)N(C)CCCNC(=NC)NCCCn1ccc2ccccc21.I. The van der Waals surface area contributed by atoms with Gasteiger partial charge in [-0.05, 0) is 37.3 Å². The van der Waals surface area contributed by atoms with Gasteiger partial charge in [0.1, 0.15) is 0 Å². The molecule has 0 aliphatic heterocycles. The molecule has 9 heteroatoms. The number of hydrogen-bond donors (Lipinski definition) is 2. The molecule has 0 radical (unpaired) electrons. The summed E-state index contributed by atoms with van der Waals surface area (Å²) in [6.45, 7) is 4.59. The van der Waals surface area contributed by atoms with Crippen molar-refractivity contribution in [3.63, 3.8) is 0 Å². The van der Waals surface area contributed by atoms with E-state index in [1.54, 1.807) is 21.0 Å². The summed E-state index contributed by atoms with van der Waals surface area (Å²) in [4.78, 5) is 4.21. The second-order valence-electron chi connectivity index (χ2n) is 6.42. The second-order valence-corrected chi connectivity index (χ2v) is 8.79. The maximum atomic E-state index is 11.7. The van der Waals surface area contributed by atoms with Crippen molar-refractivity contribution in [2.75, 3.05) is 39.5 Å². The van der Waals surface area contributed by atoms with Gasteiger partial charge < -0.3 is 15.2 Å². The molecule has 2 rings (SSSR count). The number of hydrogen-bond acceptors (Lipinski definition) is 3. The fourth-order valence-electron chi connectivity index (χ4n) is 2.88. The van der Waals surface area contributed by atoms with Gasteiger partial charge in [-0.1, -0.05) is 18.2 Å². The number of guanidine groups is 1. The number of aromatic nitrogens is 1. The Bertz CT molecular complexity index is 851. The van der Waals surface area contributed by atoms with Crippen LogP contribution < -0.4 is 10.6 Å². The zero-order valence-electron chi connectivity index (χ0n) is 16.9. The van der Waals surface area contributed by atoms with Crippen molar-refractivity contribution < 1.29 is 8.42 Å². The summed E-state index contributed by atoms with van der Waals surface area (Å²) in [6.07, 6.45) is 3.83. The lowest BCUT2D eigenvalue weighted by atomic mass is 10.2. The van der Waals surface area contributed by atoms with Gasteiger partial charge in [0.2, 0.25) is 10.0 Å². The maximum absolute atomic E-state index is 11.7. The van der Waals surface area contributed by atoms with Crippen molar-refractivity contribution >= 4 is 50.9 Å². The van der Waals surface area contributed by atoms with Gasteiger partial charge in [0, 0.05) is 52.0 Å². The number of fused-ring (bicyclic) bond motifs is 1. The molecule has 0 bridgehead atoms. The van der Waals surface area contributed by atoms with Crippen LogP contribution in [-0.4, -0.2) is 62.7 Å². The monoisotopic (exact) mass is 521 g/mol. The molecule has 1 aromatic carbocycles. The van der Waals surface area contributed by atoms with Crippen LogP contribution in [0, 0.1) is 0 Å². The molecule has 0 amide bonds. The topological polar surface area (TPSA) is 78.7 Å². The highest BCUT2D eigenvalue weighted by molar-refractivity contribution is 14.0. The van der Waals surface area contributed by atoms with E-state index >= 15 is 0 Å². The molecule has 0 unspecified atom stereocenters. The normalized spacial score (nSPS) is 12.2. The van der Waals surface area contributed by atoms with Crippen molar-refractivity contribution in [1.82, 2.24) is 19.5 Å². The van der Waals surface area contributed by atoms with E-state index in [4.69, 9.17) is 0 Å². The lowest BCUT2D eigenvalue weighted by Crippen LogP contribution is -2.39. The van der Waals surface area contributed by atoms with Gasteiger partial charge in [-0.15, -0.1) is 24.0 Å². The zero-order valence-corrected chi connectivity index (χ0v) is 20.0. The molecular weight excluding hydrogens is 489 g/mol. The van der Waals surface area contributed by atoms with Gasteiger partial charge in [-0.25, -0.2) is 12.7 Å². The summed E-state index contributed by atoms with van der Waals surface area (Å²) in [7, 11) is 0.258. The summed E-state index contributed by atoms with van der Waals surface area (Å²) in [5.74, 6) is 0.880. The summed E-state index contributed by atoms with van der Waals surface area (Å²) in [5.41, 5.74) is 1.26. The van der Waals surface area contributed by atoms with Gasteiger partial charge in [-0.2, -0.15) is 0 Å². The lowest BCUT2D eigenvalue weighted by Gasteiger charge is -2.17. The van der Waals surface area contributed by atoms with E-state index in [2.05, 4.69) is 56.7 Å². The minimum atomic E-state index is -3.10. The Morgan fingerprint density at radius 3 is 2.50 bits per heavy atom. The number of aryl methyl sites for hydroxylation is 1. The number of para-hydroxylation sites is 1. The summed E-state index contributed by atoms with van der Waals surface area (Å²) >= 11 is 0. The van der Waals surface area contributed by atoms with E-state index in [0.29, 0.717) is 13.1 Å². The molecule has 1 aromatic heterocycles. The molecule has 1 heterocycles. The molecule has 158 valence electrons. The Kier molecular flexibility index (Phi) is 10.8. The fourth-order valence-corrected chi connectivity index (χ4v) is 3.73. The van der Waals surface area contributed by atoms with Crippen LogP contribution in [0.2, 0.25) is 0 Å². The highest BCUT2D eigenvalue weighted by atomic mass is 127.